The monoisotopic (exact) mass is 425 g/mol. The standard InChI is InChI=1S/C14H17ClINO4/c1-3-4-5-11(14(19)20)17-13(18)8-6-9(15)10(16)7-12(8)21-2/h6-7,11H,3-5H2,1-2H3,(H,17,18)(H,19,20)/t11-/m0/s1. The zero-order valence-corrected chi connectivity index (χ0v) is 14.7. The van der Waals surface area contributed by atoms with E-state index < -0.39 is 17.9 Å². The van der Waals surface area contributed by atoms with Crippen molar-refractivity contribution in [3.63, 3.8) is 0 Å². The van der Waals surface area contributed by atoms with Crippen LogP contribution in [0.1, 0.15) is 36.5 Å². The van der Waals surface area contributed by atoms with Crippen LogP contribution < -0.4 is 10.1 Å². The van der Waals surface area contributed by atoms with Crippen LogP contribution in [0.4, 0.5) is 0 Å². The Kier molecular flexibility index (Phi) is 7.24. The summed E-state index contributed by atoms with van der Waals surface area (Å²) in [5.41, 5.74) is 0.227. The number of carbonyl (C=O) groups is 2. The number of carbonyl (C=O) groups excluding carboxylic acids is 1. The second-order valence-electron chi connectivity index (χ2n) is 4.47. The van der Waals surface area contributed by atoms with Crippen LogP contribution in [0, 0.1) is 3.57 Å². The number of methoxy groups -OCH3 is 1. The topological polar surface area (TPSA) is 75.6 Å². The largest absolute Gasteiger partial charge is 0.496 e. The van der Waals surface area contributed by atoms with E-state index in [2.05, 4.69) is 5.32 Å². The maximum atomic E-state index is 12.3. The minimum atomic E-state index is -1.05. The molecule has 1 atom stereocenters. The van der Waals surface area contributed by atoms with Gasteiger partial charge < -0.3 is 15.2 Å². The number of rotatable bonds is 7. The van der Waals surface area contributed by atoms with E-state index in [4.69, 9.17) is 21.4 Å². The van der Waals surface area contributed by atoms with E-state index >= 15 is 0 Å². The summed E-state index contributed by atoms with van der Waals surface area (Å²) in [7, 11) is 1.45. The second kappa shape index (κ2) is 8.43. The van der Waals surface area contributed by atoms with Crippen molar-refractivity contribution in [1.82, 2.24) is 5.32 Å². The predicted molar refractivity (Wildman–Crippen MR) is 89.1 cm³/mol. The number of ether oxygens (including phenoxy) is 1. The number of benzene rings is 1. The van der Waals surface area contributed by atoms with Crippen molar-refractivity contribution in [1.29, 1.82) is 0 Å². The highest BCUT2D eigenvalue weighted by atomic mass is 127. The molecule has 0 saturated heterocycles. The Balaban J connectivity index is 2.96. The zero-order valence-electron chi connectivity index (χ0n) is 11.8. The molecule has 5 nitrogen and oxygen atoms in total. The molecule has 0 aromatic heterocycles. The van der Waals surface area contributed by atoms with Gasteiger partial charge in [0.2, 0.25) is 0 Å². The highest BCUT2D eigenvalue weighted by Crippen LogP contribution is 2.28. The van der Waals surface area contributed by atoms with Gasteiger partial charge in [-0.15, -0.1) is 0 Å². The van der Waals surface area contributed by atoms with Crippen LogP contribution in [0.2, 0.25) is 5.02 Å². The van der Waals surface area contributed by atoms with Gasteiger partial charge in [-0.05, 0) is 41.1 Å². The fraction of sp³-hybridized carbons (Fsp3) is 0.429. The van der Waals surface area contributed by atoms with Gasteiger partial charge in [-0.25, -0.2) is 4.79 Å². The third kappa shape index (κ3) is 5.03. The van der Waals surface area contributed by atoms with Crippen LogP contribution in [0.25, 0.3) is 0 Å². The molecule has 0 unspecified atom stereocenters. The highest BCUT2D eigenvalue weighted by molar-refractivity contribution is 14.1. The first-order chi connectivity index (χ1) is 9.90. The van der Waals surface area contributed by atoms with E-state index in [0.29, 0.717) is 17.2 Å². The van der Waals surface area contributed by atoms with Crippen molar-refractivity contribution in [2.24, 2.45) is 0 Å². The molecule has 0 radical (unpaired) electrons. The summed E-state index contributed by atoms with van der Waals surface area (Å²) >= 11 is 8.04. The van der Waals surface area contributed by atoms with Crippen molar-refractivity contribution >= 4 is 46.1 Å². The lowest BCUT2D eigenvalue weighted by molar-refractivity contribution is -0.139. The van der Waals surface area contributed by atoms with Gasteiger partial charge in [-0.3, -0.25) is 4.79 Å². The smallest absolute Gasteiger partial charge is 0.326 e. The first-order valence-electron chi connectivity index (χ1n) is 6.47. The maximum Gasteiger partial charge on any atom is 0.326 e. The van der Waals surface area contributed by atoms with Crippen LogP contribution in [0.15, 0.2) is 12.1 Å². The first kappa shape index (κ1) is 18.0. The highest BCUT2D eigenvalue weighted by Gasteiger charge is 2.22. The number of amides is 1. The number of halogens is 2. The summed E-state index contributed by atoms with van der Waals surface area (Å²) in [4.78, 5) is 23.4. The Hall–Kier alpha value is -1.02. The minimum Gasteiger partial charge on any atom is -0.496 e. The molecule has 21 heavy (non-hydrogen) atoms. The Morgan fingerprint density at radius 1 is 1.48 bits per heavy atom. The molecule has 0 aliphatic carbocycles. The summed E-state index contributed by atoms with van der Waals surface area (Å²) in [6.07, 6.45) is 1.97. The fourth-order valence-corrected chi connectivity index (χ4v) is 2.38. The van der Waals surface area contributed by atoms with Crippen molar-refractivity contribution in [3.8, 4) is 5.75 Å². The van der Waals surface area contributed by atoms with Crippen molar-refractivity contribution in [2.75, 3.05) is 7.11 Å². The van der Waals surface area contributed by atoms with E-state index in [0.717, 1.165) is 16.4 Å². The molecular formula is C14H17ClINO4. The Labute approximate surface area is 142 Å². The van der Waals surface area contributed by atoms with Crippen LogP contribution >= 0.6 is 34.2 Å². The summed E-state index contributed by atoms with van der Waals surface area (Å²) in [5, 5.41) is 12.1. The van der Waals surface area contributed by atoms with Gasteiger partial charge in [0.25, 0.3) is 5.91 Å². The predicted octanol–water partition coefficient (Wildman–Crippen LogP) is 3.33. The van der Waals surface area contributed by atoms with E-state index in [1.54, 1.807) is 6.07 Å². The quantitative estimate of drug-likeness (QED) is 0.657. The second-order valence-corrected chi connectivity index (χ2v) is 6.04. The molecule has 7 heteroatoms. The summed E-state index contributed by atoms with van der Waals surface area (Å²) < 4.78 is 5.91. The normalized spacial score (nSPS) is 11.8. The number of carboxylic acid groups (broad SMARTS) is 1. The third-order valence-electron chi connectivity index (χ3n) is 2.94. The van der Waals surface area contributed by atoms with Crippen LogP contribution in [0.3, 0.4) is 0 Å². The van der Waals surface area contributed by atoms with Gasteiger partial charge in [0, 0.05) is 3.57 Å². The number of hydrogen-bond acceptors (Lipinski definition) is 3. The van der Waals surface area contributed by atoms with Gasteiger partial charge in [0.05, 0.1) is 17.7 Å². The Morgan fingerprint density at radius 2 is 2.14 bits per heavy atom. The van der Waals surface area contributed by atoms with Crippen molar-refractivity contribution in [3.05, 3.63) is 26.3 Å². The molecule has 0 heterocycles. The molecule has 1 aromatic rings. The van der Waals surface area contributed by atoms with E-state index in [1.807, 2.05) is 29.5 Å². The molecular weight excluding hydrogens is 409 g/mol. The van der Waals surface area contributed by atoms with Crippen LogP contribution in [0.5, 0.6) is 5.75 Å². The average Bonchev–Trinajstić information content (AvgIpc) is 2.45. The van der Waals surface area contributed by atoms with Crippen molar-refractivity contribution in [2.45, 2.75) is 32.2 Å². The SMILES string of the molecule is CCCC[C@H](NC(=O)c1cc(Cl)c(I)cc1OC)C(=O)O. The van der Waals surface area contributed by atoms with Crippen molar-refractivity contribution < 1.29 is 19.4 Å². The number of unbranched alkanes of at least 4 members (excludes halogenated alkanes) is 1. The van der Waals surface area contributed by atoms with E-state index in [-0.39, 0.29) is 5.56 Å². The van der Waals surface area contributed by atoms with Crippen LogP contribution in [-0.2, 0) is 4.79 Å². The van der Waals surface area contributed by atoms with E-state index in [9.17, 15) is 9.59 Å². The third-order valence-corrected chi connectivity index (χ3v) is 4.46. The molecule has 1 amide bonds. The molecule has 0 aliphatic rings. The van der Waals surface area contributed by atoms with Gasteiger partial charge in [-0.2, -0.15) is 0 Å². The molecule has 0 fully saturated rings. The van der Waals surface area contributed by atoms with Gasteiger partial charge in [-0.1, -0.05) is 31.4 Å². The Morgan fingerprint density at radius 3 is 2.67 bits per heavy atom. The first-order valence-corrected chi connectivity index (χ1v) is 7.93. The molecule has 116 valence electrons. The molecule has 0 bridgehead atoms. The number of aliphatic carboxylic acids is 1. The summed E-state index contributed by atoms with van der Waals surface area (Å²) in [6, 6.07) is 2.20. The lowest BCUT2D eigenvalue weighted by atomic mass is 10.1. The summed E-state index contributed by atoms with van der Waals surface area (Å²) in [6.45, 7) is 1.96. The van der Waals surface area contributed by atoms with Gasteiger partial charge in [0.1, 0.15) is 11.8 Å². The van der Waals surface area contributed by atoms with Gasteiger partial charge in [0.15, 0.2) is 0 Å². The lowest BCUT2D eigenvalue weighted by Gasteiger charge is -2.16. The van der Waals surface area contributed by atoms with Crippen LogP contribution in [-0.4, -0.2) is 30.1 Å². The fourth-order valence-electron chi connectivity index (χ4n) is 1.78. The average molecular weight is 426 g/mol. The number of nitrogens with one attached hydrogen (secondary N) is 1. The minimum absolute atomic E-state index is 0.227. The van der Waals surface area contributed by atoms with E-state index in [1.165, 1.54) is 13.2 Å². The Bertz CT molecular complexity index is 536. The van der Waals surface area contributed by atoms with Gasteiger partial charge >= 0.3 is 5.97 Å². The number of carboxylic acids is 1. The summed E-state index contributed by atoms with van der Waals surface area (Å²) in [5.74, 6) is -1.19. The zero-order chi connectivity index (χ0) is 16.0. The molecule has 2 N–H and O–H groups in total. The molecule has 0 aliphatic heterocycles. The molecule has 1 rings (SSSR count). The molecule has 0 spiro atoms. The maximum absolute atomic E-state index is 12.3. The lowest BCUT2D eigenvalue weighted by Crippen LogP contribution is -2.40. The number of hydrogen-bond donors (Lipinski definition) is 2. The molecule has 0 saturated carbocycles. The molecule has 1 aromatic carbocycles.